The quantitative estimate of drug-likeness (QED) is 0.858. The number of nitrogens with zero attached hydrogens (tertiary/aromatic N) is 1. The zero-order valence-corrected chi connectivity index (χ0v) is 9.42. The third-order valence-electron chi connectivity index (χ3n) is 2.55. The molecule has 0 bridgehead atoms. The van der Waals surface area contributed by atoms with Crippen LogP contribution in [0, 0.1) is 0 Å². The Labute approximate surface area is 98.6 Å². The van der Waals surface area contributed by atoms with E-state index in [2.05, 4.69) is 5.16 Å². The van der Waals surface area contributed by atoms with Crippen molar-refractivity contribution in [2.75, 3.05) is 7.11 Å². The van der Waals surface area contributed by atoms with Gasteiger partial charge < -0.3 is 14.7 Å². The Kier molecular flexibility index (Phi) is 3.27. The summed E-state index contributed by atoms with van der Waals surface area (Å²) in [7, 11) is 1.61. The Morgan fingerprint density at radius 2 is 2.47 bits per heavy atom. The molecule has 0 unspecified atom stereocenters. The summed E-state index contributed by atoms with van der Waals surface area (Å²) in [6.45, 7) is 0. The predicted octanol–water partition coefficient (Wildman–Crippen LogP) is 1.47. The topological polar surface area (TPSA) is 68.1 Å². The van der Waals surface area contributed by atoms with E-state index in [1.54, 1.807) is 7.11 Å². The molecule has 1 aliphatic heterocycles. The maximum absolute atomic E-state index is 10.7. The molecule has 0 saturated heterocycles. The number of hydrogen-bond acceptors (Lipinski definition) is 4. The summed E-state index contributed by atoms with van der Waals surface area (Å²) in [4.78, 5) is 15.5. The molecule has 1 aromatic carbocycles. The van der Waals surface area contributed by atoms with Crippen LogP contribution in [0.1, 0.15) is 12.0 Å². The number of rotatable bonds is 4. The van der Waals surface area contributed by atoms with Gasteiger partial charge in [-0.15, -0.1) is 0 Å². The summed E-state index contributed by atoms with van der Waals surface area (Å²) < 4.78 is 5.11. The van der Waals surface area contributed by atoms with Gasteiger partial charge >= 0.3 is 5.97 Å². The lowest BCUT2D eigenvalue weighted by molar-refractivity contribution is -0.148. The van der Waals surface area contributed by atoms with Crippen LogP contribution in [-0.4, -0.2) is 30.0 Å². The van der Waals surface area contributed by atoms with Crippen LogP contribution >= 0.6 is 0 Å². The number of aliphatic carboxylic acids is 1. The molecule has 1 aromatic rings. The highest BCUT2D eigenvalue weighted by Gasteiger charge is 2.27. The fourth-order valence-corrected chi connectivity index (χ4v) is 1.68. The summed E-state index contributed by atoms with van der Waals surface area (Å²) in [5.41, 5.74) is 1.77. The molecule has 0 radical (unpaired) electrons. The fraction of sp³-hybridized carbons (Fsp3) is 0.333. The van der Waals surface area contributed by atoms with Crippen molar-refractivity contribution in [1.29, 1.82) is 0 Å². The van der Waals surface area contributed by atoms with E-state index in [0.29, 0.717) is 12.8 Å². The molecule has 17 heavy (non-hydrogen) atoms. The van der Waals surface area contributed by atoms with Gasteiger partial charge in [0.05, 0.1) is 12.8 Å². The Bertz CT molecular complexity index is 456. The number of ether oxygens (including phenoxy) is 1. The fourth-order valence-electron chi connectivity index (χ4n) is 1.68. The van der Waals surface area contributed by atoms with Gasteiger partial charge in [-0.1, -0.05) is 17.3 Å². The van der Waals surface area contributed by atoms with E-state index in [0.717, 1.165) is 17.0 Å². The van der Waals surface area contributed by atoms with Crippen molar-refractivity contribution in [2.24, 2.45) is 5.16 Å². The van der Waals surface area contributed by atoms with E-state index >= 15 is 0 Å². The van der Waals surface area contributed by atoms with E-state index in [9.17, 15) is 4.79 Å². The minimum Gasteiger partial charge on any atom is -0.497 e. The lowest BCUT2D eigenvalue weighted by atomic mass is 10.0. The van der Waals surface area contributed by atoms with Crippen LogP contribution in [0.4, 0.5) is 0 Å². The third kappa shape index (κ3) is 2.75. The summed E-state index contributed by atoms with van der Waals surface area (Å²) in [5.74, 6) is -0.203. The van der Waals surface area contributed by atoms with Crippen LogP contribution in [0.5, 0.6) is 5.75 Å². The molecule has 1 N–H and O–H groups in total. The van der Waals surface area contributed by atoms with Gasteiger partial charge in [0.25, 0.3) is 0 Å². The number of oxime groups is 1. The summed E-state index contributed by atoms with van der Waals surface area (Å²) in [6, 6.07) is 7.59. The molecule has 0 aliphatic carbocycles. The molecule has 0 fully saturated rings. The van der Waals surface area contributed by atoms with E-state index < -0.39 is 12.1 Å². The van der Waals surface area contributed by atoms with Crippen molar-refractivity contribution in [3.63, 3.8) is 0 Å². The Morgan fingerprint density at radius 3 is 3.12 bits per heavy atom. The molecule has 1 heterocycles. The Hall–Kier alpha value is -2.04. The first-order valence-corrected chi connectivity index (χ1v) is 5.26. The Balaban J connectivity index is 2.00. The van der Waals surface area contributed by atoms with Crippen LogP contribution in [0.25, 0.3) is 0 Å². The highest BCUT2D eigenvalue weighted by atomic mass is 16.7. The minimum absolute atomic E-state index is 0.340. The average molecular weight is 235 g/mol. The third-order valence-corrected chi connectivity index (χ3v) is 2.55. The van der Waals surface area contributed by atoms with Gasteiger partial charge in [-0.2, -0.15) is 0 Å². The molecule has 0 aromatic heterocycles. The van der Waals surface area contributed by atoms with E-state index in [4.69, 9.17) is 14.7 Å². The van der Waals surface area contributed by atoms with Gasteiger partial charge in [0.2, 0.25) is 6.10 Å². The molecule has 1 aliphatic rings. The molecule has 5 nitrogen and oxygen atoms in total. The zero-order valence-electron chi connectivity index (χ0n) is 9.42. The smallest absolute Gasteiger partial charge is 0.348 e. The first kappa shape index (κ1) is 11.4. The number of methoxy groups -OCH3 is 1. The first-order chi connectivity index (χ1) is 8.19. The van der Waals surface area contributed by atoms with E-state index in [1.807, 2.05) is 24.3 Å². The van der Waals surface area contributed by atoms with Crippen molar-refractivity contribution in [1.82, 2.24) is 0 Å². The lowest BCUT2D eigenvalue weighted by Crippen LogP contribution is -2.20. The van der Waals surface area contributed by atoms with Crippen molar-refractivity contribution in [2.45, 2.75) is 18.9 Å². The molecule has 1 atom stereocenters. The maximum atomic E-state index is 10.7. The van der Waals surface area contributed by atoms with Gasteiger partial charge in [-0.25, -0.2) is 4.79 Å². The lowest BCUT2D eigenvalue weighted by Gasteiger charge is -2.03. The highest BCUT2D eigenvalue weighted by molar-refractivity contribution is 5.92. The van der Waals surface area contributed by atoms with E-state index in [-0.39, 0.29) is 0 Å². The first-order valence-electron chi connectivity index (χ1n) is 5.26. The largest absolute Gasteiger partial charge is 0.497 e. The van der Waals surface area contributed by atoms with Gasteiger partial charge in [0.1, 0.15) is 5.75 Å². The van der Waals surface area contributed by atoms with Crippen molar-refractivity contribution in [3.8, 4) is 5.75 Å². The van der Waals surface area contributed by atoms with Gasteiger partial charge in [0.15, 0.2) is 0 Å². The second-order valence-corrected chi connectivity index (χ2v) is 3.82. The number of carboxylic acids is 1. The predicted molar refractivity (Wildman–Crippen MR) is 61.3 cm³/mol. The summed E-state index contributed by atoms with van der Waals surface area (Å²) >= 11 is 0. The number of carboxylic acid groups (broad SMARTS) is 1. The van der Waals surface area contributed by atoms with Crippen molar-refractivity contribution < 1.29 is 19.5 Å². The molecule has 90 valence electrons. The number of hydrogen-bond donors (Lipinski definition) is 1. The monoisotopic (exact) mass is 235 g/mol. The van der Waals surface area contributed by atoms with Crippen LogP contribution in [0.3, 0.4) is 0 Å². The number of benzene rings is 1. The molecular weight excluding hydrogens is 222 g/mol. The van der Waals surface area contributed by atoms with E-state index in [1.165, 1.54) is 0 Å². The normalized spacial score (nSPS) is 18.4. The van der Waals surface area contributed by atoms with Gasteiger partial charge in [-0.3, -0.25) is 0 Å². The summed E-state index contributed by atoms with van der Waals surface area (Å²) in [6.07, 6.45) is 0.0867. The van der Waals surface area contributed by atoms with Crippen LogP contribution in [0.15, 0.2) is 29.4 Å². The molecule has 2 rings (SSSR count). The van der Waals surface area contributed by atoms with Crippen molar-refractivity contribution in [3.05, 3.63) is 29.8 Å². The molecule has 0 amide bonds. The number of carbonyl (C=O) groups is 1. The Morgan fingerprint density at radius 1 is 1.65 bits per heavy atom. The summed E-state index contributed by atoms with van der Waals surface area (Å²) in [5, 5.41) is 12.5. The molecular formula is C12H13NO4. The van der Waals surface area contributed by atoms with Gasteiger partial charge in [-0.05, 0) is 17.7 Å². The minimum atomic E-state index is -0.977. The molecule has 0 spiro atoms. The maximum Gasteiger partial charge on any atom is 0.348 e. The van der Waals surface area contributed by atoms with Crippen molar-refractivity contribution >= 4 is 11.7 Å². The van der Waals surface area contributed by atoms with Crippen LogP contribution in [-0.2, 0) is 16.1 Å². The SMILES string of the molecule is COc1cccc(CC2=NO[C@@H](C(=O)O)C2)c1. The molecule has 0 saturated carbocycles. The second-order valence-electron chi connectivity index (χ2n) is 3.82. The molecule has 5 heteroatoms. The zero-order chi connectivity index (χ0) is 12.3. The van der Waals surface area contributed by atoms with Crippen LogP contribution in [0.2, 0.25) is 0 Å². The second kappa shape index (κ2) is 4.86. The highest BCUT2D eigenvalue weighted by Crippen LogP contribution is 2.17. The average Bonchev–Trinajstić information content (AvgIpc) is 2.78. The standard InChI is InChI=1S/C12H13NO4/c1-16-10-4-2-3-8(6-10)5-9-7-11(12(14)15)17-13-9/h2-4,6,11H,5,7H2,1H3,(H,14,15)/t11-/m1/s1. The van der Waals surface area contributed by atoms with Crippen LogP contribution < -0.4 is 4.74 Å². The van der Waals surface area contributed by atoms with Gasteiger partial charge in [0, 0.05) is 12.8 Å².